The Balaban J connectivity index is 1.00. The number of hydrogen-bond donors (Lipinski definition) is 11. The molecule has 2 saturated heterocycles. The first-order valence-electron chi connectivity index (χ1n) is 15.1. The topological polar surface area (TPSA) is 392 Å². The molecule has 0 aromatic carbocycles. The Bertz CT molecular complexity index is 2250. The van der Waals surface area contributed by atoms with Crippen LogP contribution in [0.5, 0.6) is 0 Å². The van der Waals surface area contributed by atoms with Crippen molar-refractivity contribution in [2.24, 2.45) is 0 Å². The first-order chi connectivity index (χ1) is 26.4. The van der Waals surface area contributed by atoms with E-state index in [2.05, 4.69) is 46.5 Å². The summed E-state index contributed by atoms with van der Waals surface area (Å²) in [5.41, 5.74) is 12.3. The minimum Gasteiger partial charge on any atom is -0.387 e. The molecule has 4 aromatic rings. The number of rotatable bonds is 16. The molecule has 4 aromatic heterocycles. The molecule has 2 aliphatic heterocycles. The number of anilines is 2. The van der Waals surface area contributed by atoms with Crippen LogP contribution >= 0.6 is 45.9 Å². The minimum absolute atomic E-state index is 0.0411. The van der Waals surface area contributed by atoms with Crippen LogP contribution in [0.4, 0.5) is 11.6 Å². The Kier molecular flexibility index (Phi) is 13.8. The minimum atomic E-state index is -5.08. The third-order valence-corrected chi connectivity index (χ3v) is 20.7. The average molecular weight is 997 g/mol. The van der Waals surface area contributed by atoms with Crippen LogP contribution in [0, 0.1) is 0 Å². The van der Waals surface area contributed by atoms with Gasteiger partial charge in [0.2, 0.25) is 0 Å². The second kappa shape index (κ2) is 17.2. The zero-order chi connectivity index (χ0) is 41.9. The van der Waals surface area contributed by atoms with Gasteiger partial charge in [0, 0.05) is 0 Å². The van der Waals surface area contributed by atoms with Gasteiger partial charge < -0.3 is 70.0 Å². The molecule has 316 valence electrons. The van der Waals surface area contributed by atoms with Crippen molar-refractivity contribution >= 4 is 127 Å². The van der Waals surface area contributed by atoms with Crippen LogP contribution in [-0.2, 0) is 87.6 Å². The third kappa shape index (κ3) is 10.7. The number of aromatic nitrogens is 8. The van der Waals surface area contributed by atoms with E-state index in [0.29, 0.717) is 0 Å². The lowest BCUT2D eigenvalue weighted by Crippen LogP contribution is -2.33. The molecule has 27 nitrogen and oxygen atoms in total. The van der Waals surface area contributed by atoms with E-state index in [1.165, 1.54) is 21.8 Å². The molecule has 37 heteroatoms. The average Bonchev–Trinajstić information content (AvgIpc) is 3.83. The third-order valence-electron chi connectivity index (χ3n) is 7.63. The number of aliphatic hydroxyl groups excluding tert-OH is 4. The molecule has 0 amide bonds. The Labute approximate surface area is 343 Å². The maximum absolute atomic E-state index is 13.0. The van der Waals surface area contributed by atoms with Gasteiger partial charge in [-0.25, -0.2) is 51.7 Å². The highest BCUT2D eigenvalue weighted by Crippen LogP contribution is 2.76. The van der Waals surface area contributed by atoms with Gasteiger partial charge in [0.15, 0.2) is 35.4 Å². The van der Waals surface area contributed by atoms with Gasteiger partial charge in [-0.2, -0.15) is 0 Å². The standard InChI is InChI=1S/C20H29N10O17P5S5/c21-15-9-17(25-3-23-15)29(5-27-9)19-13(33)11(31)7(42-19)1-40-48(35,53)44-50(37,55)46-52(39,57)47-51(38,56)45-49(36,54)41-2-8-12(32)14(34)20(43-8)30-6-28-10-16(22)24-4-26-18(10)30/h3-8,11-14,19-20,31-34H,1-2H2,(H,35,53)(H,36,54)(H,37,55)(H,38,56)(H,39,57)(H2,21,23,25)(H2,22,24,26)/t7-,8-,11-,12-,13-,14-,19-,20-,48?,49?,50?,51?,52?/m1/s1. The van der Waals surface area contributed by atoms with Crippen molar-refractivity contribution in [2.45, 2.75) is 49.1 Å². The highest BCUT2D eigenvalue weighted by atomic mass is 32.7. The molecule has 0 saturated carbocycles. The largest absolute Gasteiger partial charge is 0.400 e. The molecule has 0 bridgehead atoms. The van der Waals surface area contributed by atoms with Crippen LogP contribution in [0.1, 0.15) is 12.5 Å². The normalized spacial score (nSPS) is 30.8. The number of hydrogen-bond acceptors (Lipinski definition) is 25. The van der Waals surface area contributed by atoms with E-state index in [4.69, 9.17) is 90.1 Å². The lowest BCUT2D eigenvalue weighted by atomic mass is 10.1. The zero-order valence-corrected chi connectivity index (χ0v) is 36.3. The summed E-state index contributed by atoms with van der Waals surface area (Å²) in [6.07, 6.45) is -7.00. The number of imidazole rings is 2. The Morgan fingerprint density at radius 2 is 1.00 bits per heavy atom. The van der Waals surface area contributed by atoms with E-state index >= 15 is 0 Å². The van der Waals surface area contributed by atoms with Crippen molar-refractivity contribution in [1.29, 1.82) is 0 Å². The molecule has 5 unspecified atom stereocenters. The summed E-state index contributed by atoms with van der Waals surface area (Å²) in [4.78, 5) is 66.1. The number of ether oxygens (including phenoxy) is 2. The Hall–Kier alpha value is -0.760. The maximum Gasteiger partial charge on any atom is 0.400 e. The smallest absolute Gasteiger partial charge is 0.387 e. The summed E-state index contributed by atoms with van der Waals surface area (Å²) in [6, 6.07) is 0. The molecule has 12 N–H and O–H groups in total. The van der Waals surface area contributed by atoms with Crippen LogP contribution in [0.3, 0.4) is 0 Å². The van der Waals surface area contributed by atoms with Crippen molar-refractivity contribution in [3.8, 4) is 0 Å². The predicted octanol–water partition coefficient (Wildman–Crippen LogP) is -0.926. The molecule has 6 heterocycles. The highest BCUT2D eigenvalue weighted by Gasteiger charge is 2.48. The second-order valence-electron chi connectivity index (χ2n) is 11.5. The van der Waals surface area contributed by atoms with Crippen LogP contribution in [0.25, 0.3) is 22.3 Å². The number of thiol groups is 1. The Morgan fingerprint density at radius 1 is 0.632 bits per heavy atom. The summed E-state index contributed by atoms with van der Waals surface area (Å²) in [7, 11) is 0. The van der Waals surface area contributed by atoms with Gasteiger partial charge in [0.05, 0.1) is 25.9 Å². The molecule has 0 spiro atoms. The number of nitrogens with two attached hydrogens (primary N) is 2. The summed E-state index contributed by atoms with van der Waals surface area (Å²) in [5, 5.41) is 42.4. The SMILES string of the molecule is Nc1ncnc2c1ncn2[C@@H]1O[C@H](COP(O)(=S)OP(=O)(S)OP(O)(=S)OP(O)(=S)OP(O)(=S)OC[C@H]2O[C@@H](n3cnc4c(N)ncnc43)[C@H](O)[C@@H]2O)[C@@H](O)[C@H]1O. The van der Waals surface area contributed by atoms with Crippen LogP contribution in [0.15, 0.2) is 25.3 Å². The fourth-order valence-electron chi connectivity index (χ4n) is 5.25. The molecule has 0 radical (unpaired) electrons. The van der Waals surface area contributed by atoms with Gasteiger partial charge in [-0.1, -0.05) is 12.2 Å². The second-order valence-corrected chi connectivity index (χ2v) is 26.3. The summed E-state index contributed by atoms with van der Waals surface area (Å²) in [5.74, 6) is 0.0835. The first-order valence-corrected chi connectivity index (χ1v) is 28.1. The number of aliphatic hydroxyl groups is 4. The van der Waals surface area contributed by atoms with Crippen LogP contribution in [-0.4, -0.2) is 129 Å². The van der Waals surface area contributed by atoms with Gasteiger partial charge in [0.25, 0.3) is 0 Å². The van der Waals surface area contributed by atoms with Crippen molar-refractivity contribution in [3.63, 3.8) is 0 Å². The van der Waals surface area contributed by atoms with E-state index in [9.17, 15) is 44.6 Å². The Morgan fingerprint density at radius 3 is 1.44 bits per heavy atom. The lowest BCUT2D eigenvalue weighted by Gasteiger charge is -2.27. The first kappa shape index (κ1) is 45.8. The van der Waals surface area contributed by atoms with E-state index in [1.807, 2.05) is 0 Å². The number of nitrogens with zero attached hydrogens (tertiary/aromatic N) is 8. The lowest BCUT2D eigenvalue weighted by molar-refractivity contribution is -0.0485. The molecule has 57 heavy (non-hydrogen) atoms. The fraction of sp³-hybridized carbons (Fsp3) is 0.500. The van der Waals surface area contributed by atoms with Crippen molar-refractivity contribution < 1.29 is 80.3 Å². The van der Waals surface area contributed by atoms with Gasteiger partial charge in [-0.05, 0) is 47.2 Å². The number of nitrogen functional groups attached to an aromatic ring is 2. The van der Waals surface area contributed by atoms with Crippen molar-refractivity contribution in [2.75, 3.05) is 24.7 Å². The summed E-state index contributed by atoms with van der Waals surface area (Å²) < 4.78 is 56.1. The maximum atomic E-state index is 13.0. The molecular formula is C20H29N10O17P5S5. The monoisotopic (exact) mass is 996 g/mol. The molecule has 2 aliphatic rings. The van der Waals surface area contributed by atoms with Crippen molar-refractivity contribution in [1.82, 2.24) is 39.0 Å². The molecule has 6 rings (SSSR count). The molecule has 0 aliphatic carbocycles. The summed E-state index contributed by atoms with van der Waals surface area (Å²) in [6.45, 7) is -26.0. The van der Waals surface area contributed by atoms with E-state index in [0.717, 1.165) is 12.7 Å². The summed E-state index contributed by atoms with van der Waals surface area (Å²) >= 11 is 22.7. The van der Waals surface area contributed by atoms with E-state index in [-0.39, 0.29) is 34.0 Å². The van der Waals surface area contributed by atoms with Gasteiger partial charge in [-0.15, -0.1) is 0 Å². The van der Waals surface area contributed by atoms with Crippen molar-refractivity contribution in [3.05, 3.63) is 25.3 Å². The van der Waals surface area contributed by atoms with Crippen LogP contribution < -0.4 is 11.5 Å². The van der Waals surface area contributed by atoms with Crippen LogP contribution in [0.2, 0.25) is 0 Å². The van der Waals surface area contributed by atoms with E-state index < -0.39 is 96.0 Å². The fourth-order valence-corrected chi connectivity index (χ4v) is 20.3. The zero-order valence-electron chi connectivity index (χ0n) is 27.6. The highest BCUT2D eigenvalue weighted by molar-refractivity contribution is 8.46. The van der Waals surface area contributed by atoms with Gasteiger partial charge in [-0.3, -0.25) is 9.13 Å². The van der Waals surface area contributed by atoms with Gasteiger partial charge in [0.1, 0.15) is 60.3 Å². The van der Waals surface area contributed by atoms with Gasteiger partial charge >= 0.3 is 33.7 Å². The number of fused-ring (bicyclic) bond motifs is 2. The molecule has 2 fully saturated rings. The van der Waals surface area contributed by atoms with E-state index in [1.54, 1.807) is 0 Å². The predicted molar refractivity (Wildman–Crippen MR) is 210 cm³/mol. The molecule has 13 atom stereocenters. The quantitative estimate of drug-likeness (QED) is 0.0477. The molecular weight excluding hydrogens is 967 g/mol.